The predicted octanol–water partition coefficient (Wildman–Crippen LogP) is 1.52. The van der Waals surface area contributed by atoms with Gasteiger partial charge < -0.3 is 4.74 Å². The molecule has 0 saturated heterocycles. The van der Waals surface area contributed by atoms with E-state index in [-0.39, 0.29) is 17.0 Å². The highest BCUT2D eigenvalue weighted by Gasteiger charge is 2.10. The first-order chi connectivity index (χ1) is 8.35. The van der Waals surface area contributed by atoms with E-state index in [0.717, 1.165) is 6.26 Å². The van der Waals surface area contributed by atoms with Gasteiger partial charge in [-0.2, -0.15) is 0 Å². The molecular formula is C9H10N4O4S. The third-order valence-electron chi connectivity index (χ3n) is 1.83. The SMILES string of the molecule is COc1cc(NS(C)(=O)=O)cc(C(=O)N=[N+]=[N-])c1. The molecule has 1 aromatic carbocycles. The molecule has 0 atom stereocenters. The minimum absolute atomic E-state index is 0.0262. The number of hydrogen-bond donors (Lipinski definition) is 1. The van der Waals surface area contributed by atoms with Crippen LogP contribution in [0.1, 0.15) is 10.4 Å². The number of sulfonamides is 1. The average molecular weight is 270 g/mol. The first-order valence-electron chi connectivity index (χ1n) is 4.62. The second-order valence-corrected chi connectivity index (χ2v) is 5.07. The van der Waals surface area contributed by atoms with Crippen molar-refractivity contribution in [2.75, 3.05) is 18.1 Å². The molecule has 0 aromatic heterocycles. The second kappa shape index (κ2) is 5.39. The normalized spacial score (nSPS) is 10.3. The van der Waals surface area contributed by atoms with Crippen molar-refractivity contribution in [1.82, 2.24) is 0 Å². The zero-order valence-electron chi connectivity index (χ0n) is 9.61. The molecule has 0 aliphatic heterocycles. The van der Waals surface area contributed by atoms with Crippen molar-refractivity contribution in [3.8, 4) is 5.75 Å². The molecule has 1 amide bonds. The van der Waals surface area contributed by atoms with Gasteiger partial charge in [-0.25, -0.2) is 8.42 Å². The molecule has 1 aromatic rings. The standard InChI is InChI=1S/C9H10N4O4S/c1-17-8-4-6(9(14)11-13-10)3-7(5-8)12-18(2,15)16/h3-5,12H,1-2H3. The van der Waals surface area contributed by atoms with Crippen LogP contribution in [0.3, 0.4) is 0 Å². The van der Waals surface area contributed by atoms with Crippen LogP contribution in [-0.4, -0.2) is 27.7 Å². The molecule has 8 nitrogen and oxygen atoms in total. The molecule has 0 fully saturated rings. The number of nitrogens with zero attached hydrogens (tertiary/aromatic N) is 3. The molecule has 0 heterocycles. The lowest BCUT2D eigenvalue weighted by molar-refractivity contribution is 0.1000. The van der Waals surface area contributed by atoms with E-state index in [4.69, 9.17) is 10.3 Å². The van der Waals surface area contributed by atoms with Gasteiger partial charge in [0.1, 0.15) is 5.75 Å². The van der Waals surface area contributed by atoms with Gasteiger partial charge in [0.05, 0.1) is 19.1 Å². The quantitative estimate of drug-likeness (QED) is 0.506. The lowest BCUT2D eigenvalue weighted by Crippen LogP contribution is -2.10. The average Bonchev–Trinajstić information content (AvgIpc) is 2.26. The number of rotatable bonds is 4. The Hall–Kier alpha value is -2.25. The zero-order chi connectivity index (χ0) is 13.8. The minimum atomic E-state index is -3.48. The van der Waals surface area contributed by atoms with Crippen LogP contribution in [0.25, 0.3) is 10.4 Å². The highest BCUT2D eigenvalue weighted by Crippen LogP contribution is 2.22. The highest BCUT2D eigenvalue weighted by molar-refractivity contribution is 7.92. The summed E-state index contributed by atoms with van der Waals surface area (Å²) in [7, 11) is -2.11. The number of benzene rings is 1. The maximum absolute atomic E-state index is 11.4. The van der Waals surface area contributed by atoms with E-state index >= 15 is 0 Å². The van der Waals surface area contributed by atoms with Gasteiger partial charge in [0.2, 0.25) is 15.9 Å². The van der Waals surface area contributed by atoms with Gasteiger partial charge in [0.25, 0.3) is 0 Å². The van der Waals surface area contributed by atoms with E-state index in [1.54, 1.807) is 0 Å². The Morgan fingerprint density at radius 2 is 2.11 bits per heavy atom. The first kappa shape index (κ1) is 13.8. The van der Waals surface area contributed by atoms with Gasteiger partial charge in [-0.05, 0) is 22.8 Å². The van der Waals surface area contributed by atoms with Crippen molar-refractivity contribution in [2.24, 2.45) is 5.11 Å². The minimum Gasteiger partial charge on any atom is -0.497 e. The molecule has 18 heavy (non-hydrogen) atoms. The van der Waals surface area contributed by atoms with Gasteiger partial charge in [-0.3, -0.25) is 9.52 Å². The van der Waals surface area contributed by atoms with Crippen LogP contribution in [0.2, 0.25) is 0 Å². The Bertz CT molecular complexity index is 619. The second-order valence-electron chi connectivity index (χ2n) is 3.32. The van der Waals surface area contributed by atoms with Gasteiger partial charge in [0, 0.05) is 16.5 Å². The molecule has 0 radical (unpaired) electrons. The molecule has 1 rings (SSSR count). The van der Waals surface area contributed by atoms with Crippen LogP contribution in [0.15, 0.2) is 23.3 Å². The van der Waals surface area contributed by atoms with E-state index in [9.17, 15) is 13.2 Å². The topological polar surface area (TPSA) is 121 Å². The van der Waals surface area contributed by atoms with Crippen LogP contribution >= 0.6 is 0 Å². The molecule has 96 valence electrons. The first-order valence-corrected chi connectivity index (χ1v) is 6.51. The number of azide groups is 1. The monoisotopic (exact) mass is 270 g/mol. The van der Waals surface area contributed by atoms with E-state index in [0.29, 0.717) is 0 Å². The Kier molecular flexibility index (Phi) is 4.13. The highest BCUT2D eigenvalue weighted by atomic mass is 32.2. The largest absolute Gasteiger partial charge is 0.497 e. The number of methoxy groups -OCH3 is 1. The summed E-state index contributed by atoms with van der Waals surface area (Å²) in [6.45, 7) is 0. The number of ether oxygens (including phenoxy) is 1. The fourth-order valence-corrected chi connectivity index (χ4v) is 1.76. The third kappa shape index (κ3) is 3.96. The maximum Gasteiger partial charge on any atom is 0.249 e. The Morgan fingerprint density at radius 3 is 2.61 bits per heavy atom. The summed E-state index contributed by atoms with van der Waals surface area (Å²) >= 11 is 0. The zero-order valence-corrected chi connectivity index (χ0v) is 10.4. The molecule has 0 saturated carbocycles. The molecule has 0 aliphatic rings. The summed E-state index contributed by atoms with van der Waals surface area (Å²) in [5.74, 6) is -0.562. The number of anilines is 1. The fourth-order valence-electron chi connectivity index (χ4n) is 1.21. The summed E-state index contributed by atoms with van der Waals surface area (Å²) in [6, 6.07) is 3.99. The van der Waals surface area contributed by atoms with Gasteiger partial charge in [0.15, 0.2) is 0 Å². The Labute approximate surface area is 103 Å². The van der Waals surface area contributed by atoms with Crippen molar-refractivity contribution in [3.05, 3.63) is 34.2 Å². The summed E-state index contributed by atoms with van der Waals surface area (Å²) < 4.78 is 29.3. The summed E-state index contributed by atoms with van der Waals surface area (Å²) in [6.07, 6.45) is 0.974. The molecule has 1 N–H and O–H groups in total. The Balaban J connectivity index is 3.25. The van der Waals surface area contributed by atoms with Crippen molar-refractivity contribution < 1.29 is 17.9 Å². The van der Waals surface area contributed by atoms with Crippen LogP contribution in [0.4, 0.5) is 5.69 Å². The Morgan fingerprint density at radius 1 is 1.44 bits per heavy atom. The van der Waals surface area contributed by atoms with Crippen molar-refractivity contribution in [3.63, 3.8) is 0 Å². The molecular weight excluding hydrogens is 260 g/mol. The lowest BCUT2D eigenvalue weighted by atomic mass is 10.2. The van der Waals surface area contributed by atoms with Crippen LogP contribution in [0, 0.1) is 0 Å². The number of amides is 1. The van der Waals surface area contributed by atoms with Gasteiger partial charge in [-0.1, -0.05) is 0 Å². The van der Waals surface area contributed by atoms with Gasteiger partial charge >= 0.3 is 0 Å². The fraction of sp³-hybridized carbons (Fsp3) is 0.222. The van der Waals surface area contributed by atoms with E-state index < -0.39 is 15.9 Å². The predicted molar refractivity (Wildman–Crippen MR) is 64.9 cm³/mol. The summed E-state index contributed by atoms with van der Waals surface area (Å²) in [5.41, 5.74) is 8.35. The van der Waals surface area contributed by atoms with Crippen molar-refractivity contribution >= 4 is 21.6 Å². The molecule has 0 spiro atoms. The van der Waals surface area contributed by atoms with Crippen molar-refractivity contribution in [1.29, 1.82) is 0 Å². The maximum atomic E-state index is 11.4. The molecule has 9 heteroatoms. The number of nitrogens with one attached hydrogen (secondary N) is 1. The lowest BCUT2D eigenvalue weighted by Gasteiger charge is -2.08. The number of carbonyl (C=O) groups is 1. The van der Waals surface area contributed by atoms with Crippen LogP contribution < -0.4 is 9.46 Å². The van der Waals surface area contributed by atoms with E-state index in [1.165, 1.54) is 25.3 Å². The van der Waals surface area contributed by atoms with Crippen molar-refractivity contribution in [2.45, 2.75) is 0 Å². The van der Waals surface area contributed by atoms with E-state index in [2.05, 4.69) is 14.7 Å². The third-order valence-corrected chi connectivity index (χ3v) is 2.43. The smallest absolute Gasteiger partial charge is 0.249 e. The molecule has 0 bridgehead atoms. The molecule has 0 unspecified atom stereocenters. The van der Waals surface area contributed by atoms with Crippen LogP contribution in [0.5, 0.6) is 5.75 Å². The summed E-state index contributed by atoms with van der Waals surface area (Å²) in [5, 5.41) is 2.92. The number of carbonyl (C=O) groups excluding carboxylic acids is 1. The molecule has 0 aliphatic carbocycles. The number of hydrogen-bond acceptors (Lipinski definition) is 4. The summed E-state index contributed by atoms with van der Waals surface area (Å²) in [4.78, 5) is 13.7. The van der Waals surface area contributed by atoms with E-state index in [1.807, 2.05) is 0 Å². The van der Waals surface area contributed by atoms with Gasteiger partial charge in [-0.15, -0.1) is 0 Å². The van der Waals surface area contributed by atoms with Crippen LogP contribution in [-0.2, 0) is 10.0 Å².